The third kappa shape index (κ3) is 2.40. The van der Waals surface area contributed by atoms with Crippen LogP contribution in [0.2, 0.25) is 0 Å². The number of nitrogens with zero attached hydrogens (tertiary/aromatic N) is 4. The Morgan fingerprint density at radius 1 is 1.25 bits per heavy atom. The molecule has 24 heavy (non-hydrogen) atoms. The molecule has 1 saturated heterocycles. The van der Waals surface area contributed by atoms with Crippen LogP contribution in [0, 0.1) is 6.92 Å². The third-order valence-corrected chi connectivity index (χ3v) is 5.55. The molecule has 124 valence electrons. The maximum absolute atomic E-state index is 12.7. The molecule has 0 bridgehead atoms. The van der Waals surface area contributed by atoms with E-state index in [2.05, 4.69) is 16.9 Å². The van der Waals surface area contributed by atoms with Gasteiger partial charge < -0.3 is 9.80 Å². The van der Waals surface area contributed by atoms with Crippen molar-refractivity contribution in [3.05, 3.63) is 45.2 Å². The molecule has 4 heterocycles. The van der Waals surface area contributed by atoms with Gasteiger partial charge in [0.2, 0.25) is 0 Å². The molecule has 0 aromatic carbocycles. The van der Waals surface area contributed by atoms with Crippen LogP contribution >= 0.6 is 11.3 Å². The van der Waals surface area contributed by atoms with Gasteiger partial charge in [0.25, 0.3) is 11.5 Å². The highest BCUT2D eigenvalue weighted by Gasteiger charge is 2.23. The van der Waals surface area contributed by atoms with Gasteiger partial charge in [0.1, 0.15) is 10.5 Å². The van der Waals surface area contributed by atoms with Crippen LogP contribution in [0.15, 0.2) is 29.2 Å². The molecular weight excluding hydrogens is 324 g/mol. The highest BCUT2D eigenvalue weighted by molar-refractivity contribution is 7.20. The van der Waals surface area contributed by atoms with Gasteiger partial charge in [-0.2, -0.15) is 0 Å². The van der Waals surface area contributed by atoms with Crippen LogP contribution < -0.4 is 5.56 Å². The Balaban J connectivity index is 1.79. The van der Waals surface area contributed by atoms with Crippen molar-refractivity contribution in [2.75, 3.05) is 33.2 Å². The maximum atomic E-state index is 12.7. The number of likely N-dealkylation sites (N-methyl/N-ethyl adjacent to an activating group) is 1. The lowest BCUT2D eigenvalue weighted by atomic mass is 10.2. The van der Waals surface area contributed by atoms with E-state index in [4.69, 9.17) is 0 Å². The van der Waals surface area contributed by atoms with Gasteiger partial charge in [0.15, 0.2) is 0 Å². The Hall–Kier alpha value is -2.25. The number of rotatable bonds is 1. The number of thiophene rings is 1. The Labute approximate surface area is 142 Å². The number of pyridine rings is 1. The number of hydrogen-bond acceptors (Lipinski definition) is 5. The summed E-state index contributed by atoms with van der Waals surface area (Å²) < 4.78 is 1.55. The average Bonchev–Trinajstić information content (AvgIpc) is 3.01. The van der Waals surface area contributed by atoms with E-state index in [1.165, 1.54) is 11.3 Å². The average molecular weight is 342 g/mol. The van der Waals surface area contributed by atoms with Crippen molar-refractivity contribution >= 4 is 33.1 Å². The van der Waals surface area contributed by atoms with Crippen LogP contribution in [0.5, 0.6) is 0 Å². The zero-order valence-corrected chi connectivity index (χ0v) is 14.5. The van der Waals surface area contributed by atoms with Crippen LogP contribution in [0.1, 0.15) is 15.2 Å². The lowest BCUT2D eigenvalue weighted by molar-refractivity contribution is 0.0669. The molecule has 0 atom stereocenters. The molecule has 7 heteroatoms. The second-order valence-electron chi connectivity index (χ2n) is 6.23. The molecule has 3 aromatic heterocycles. The van der Waals surface area contributed by atoms with E-state index < -0.39 is 0 Å². The summed E-state index contributed by atoms with van der Waals surface area (Å²) in [7, 11) is 2.06. The van der Waals surface area contributed by atoms with Crippen molar-refractivity contribution in [2.45, 2.75) is 6.92 Å². The summed E-state index contributed by atoms with van der Waals surface area (Å²) in [4.78, 5) is 35.3. The second-order valence-corrected chi connectivity index (χ2v) is 7.26. The predicted octanol–water partition coefficient (Wildman–Crippen LogP) is 1.61. The Morgan fingerprint density at radius 3 is 2.75 bits per heavy atom. The van der Waals surface area contributed by atoms with Gasteiger partial charge in [-0.05, 0) is 31.7 Å². The first-order valence-corrected chi connectivity index (χ1v) is 8.75. The molecule has 3 aromatic rings. The SMILES string of the molecule is Cc1cccn2c(=O)c3cc(C(=O)N4CCN(C)CC4)sc3nc12. The fraction of sp³-hybridized carbons (Fsp3) is 0.353. The van der Waals surface area contributed by atoms with Crippen molar-refractivity contribution in [3.8, 4) is 0 Å². The topological polar surface area (TPSA) is 57.9 Å². The number of carbonyl (C=O) groups is 1. The summed E-state index contributed by atoms with van der Waals surface area (Å²) in [6, 6.07) is 5.46. The van der Waals surface area contributed by atoms with Crippen molar-refractivity contribution in [3.63, 3.8) is 0 Å². The summed E-state index contributed by atoms with van der Waals surface area (Å²) in [5.74, 6) is -0.00345. The fourth-order valence-electron chi connectivity index (χ4n) is 3.03. The highest BCUT2D eigenvalue weighted by Crippen LogP contribution is 2.24. The molecule has 4 rings (SSSR count). The summed E-state index contributed by atoms with van der Waals surface area (Å²) in [5, 5.41) is 0.514. The standard InChI is InChI=1S/C17H18N4O2S/c1-11-4-3-5-21-14(11)18-15-12(16(21)22)10-13(24-15)17(23)20-8-6-19(2)7-9-20/h3-5,10H,6-9H2,1-2H3. The van der Waals surface area contributed by atoms with E-state index in [1.54, 1.807) is 16.7 Å². The molecule has 0 aliphatic carbocycles. The molecule has 0 radical (unpaired) electrons. The zero-order valence-electron chi connectivity index (χ0n) is 13.7. The number of amides is 1. The van der Waals surface area contributed by atoms with E-state index >= 15 is 0 Å². The van der Waals surface area contributed by atoms with Crippen molar-refractivity contribution in [2.24, 2.45) is 0 Å². The number of aromatic nitrogens is 2. The minimum Gasteiger partial charge on any atom is -0.335 e. The van der Waals surface area contributed by atoms with Crippen LogP contribution in [-0.4, -0.2) is 58.3 Å². The number of piperazine rings is 1. The first kappa shape index (κ1) is 15.3. The van der Waals surface area contributed by atoms with Gasteiger partial charge in [-0.15, -0.1) is 11.3 Å². The van der Waals surface area contributed by atoms with Crippen LogP contribution in [-0.2, 0) is 0 Å². The smallest absolute Gasteiger partial charge is 0.266 e. The lowest BCUT2D eigenvalue weighted by Crippen LogP contribution is -2.46. The van der Waals surface area contributed by atoms with Crippen molar-refractivity contribution in [1.82, 2.24) is 19.2 Å². The van der Waals surface area contributed by atoms with Crippen LogP contribution in [0.4, 0.5) is 0 Å². The van der Waals surface area contributed by atoms with E-state index in [0.29, 0.717) is 20.7 Å². The van der Waals surface area contributed by atoms with Crippen LogP contribution in [0.3, 0.4) is 0 Å². The molecule has 1 aliphatic rings. The fourth-order valence-corrected chi connectivity index (χ4v) is 4.02. The Kier molecular flexibility index (Phi) is 3.62. The van der Waals surface area contributed by atoms with Gasteiger partial charge in [-0.25, -0.2) is 4.98 Å². The normalized spacial score (nSPS) is 16.2. The minimum atomic E-state index is -0.118. The molecule has 0 N–H and O–H groups in total. The number of aryl methyl sites for hydroxylation is 1. The molecule has 1 fully saturated rings. The molecule has 0 saturated carbocycles. The quantitative estimate of drug-likeness (QED) is 0.674. The van der Waals surface area contributed by atoms with E-state index in [-0.39, 0.29) is 11.5 Å². The number of fused-ring (bicyclic) bond motifs is 2. The zero-order chi connectivity index (χ0) is 16.8. The lowest BCUT2D eigenvalue weighted by Gasteiger charge is -2.32. The maximum Gasteiger partial charge on any atom is 0.266 e. The summed E-state index contributed by atoms with van der Waals surface area (Å²) >= 11 is 1.31. The highest BCUT2D eigenvalue weighted by atomic mass is 32.1. The molecule has 0 unspecified atom stereocenters. The Morgan fingerprint density at radius 2 is 2.00 bits per heavy atom. The van der Waals surface area contributed by atoms with Crippen molar-refractivity contribution < 1.29 is 4.79 Å². The van der Waals surface area contributed by atoms with Crippen molar-refractivity contribution in [1.29, 1.82) is 0 Å². The summed E-state index contributed by atoms with van der Waals surface area (Å²) in [6.07, 6.45) is 1.72. The number of carbonyl (C=O) groups excluding carboxylic acids is 1. The molecule has 0 spiro atoms. The molecule has 6 nitrogen and oxygen atoms in total. The minimum absolute atomic E-state index is 0.00345. The second kappa shape index (κ2) is 5.68. The third-order valence-electron chi connectivity index (χ3n) is 4.53. The van der Waals surface area contributed by atoms with Gasteiger partial charge in [0.05, 0.1) is 10.3 Å². The first-order chi connectivity index (χ1) is 11.5. The van der Waals surface area contributed by atoms with Gasteiger partial charge in [-0.1, -0.05) is 6.07 Å². The molecule has 1 aliphatic heterocycles. The first-order valence-electron chi connectivity index (χ1n) is 7.94. The van der Waals surface area contributed by atoms with Gasteiger partial charge in [0, 0.05) is 32.4 Å². The van der Waals surface area contributed by atoms with Crippen LogP contribution in [0.25, 0.3) is 15.9 Å². The van der Waals surface area contributed by atoms with E-state index in [9.17, 15) is 9.59 Å². The summed E-state index contributed by atoms with van der Waals surface area (Å²) in [6.45, 7) is 5.12. The van der Waals surface area contributed by atoms with Gasteiger partial charge >= 0.3 is 0 Å². The number of hydrogen-bond donors (Lipinski definition) is 0. The molecular formula is C17H18N4O2S. The largest absolute Gasteiger partial charge is 0.335 e. The monoisotopic (exact) mass is 342 g/mol. The summed E-state index contributed by atoms with van der Waals surface area (Å²) in [5.41, 5.74) is 1.47. The van der Waals surface area contributed by atoms with Gasteiger partial charge in [-0.3, -0.25) is 14.0 Å². The van der Waals surface area contributed by atoms with E-state index in [0.717, 1.165) is 31.7 Å². The Bertz CT molecular complexity index is 999. The molecule has 1 amide bonds. The predicted molar refractivity (Wildman–Crippen MR) is 95.0 cm³/mol. The van der Waals surface area contributed by atoms with E-state index in [1.807, 2.05) is 24.0 Å².